The minimum atomic E-state index is -4.17. The largest absolute Gasteiger partial charge is 0.376 e. The average Bonchev–Trinajstić information content (AvgIpc) is 3.30. The first-order chi connectivity index (χ1) is 15.7. The van der Waals surface area contributed by atoms with Crippen LogP contribution in [0.15, 0.2) is 48.5 Å². The zero-order chi connectivity index (χ0) is 24.0. The molecule has 9 nitrogen and oxygen atoms in total. The summed E-state index contributed by atoms with van der Waals surface area (Å²) in [6.45, 7) is 0.331. The summed E-state index contributed by atoms with van der Waals surface area (Å²) in [5.41, 5.74) is 0.170. The van der Waals surface area contributed by atoms with Gasteiger partial charge in [-0.15, -0.1) is 0 Å². The van der Waals surface area contributed by atoms with Gasteiger partial charge in [0.25, 0.3) is 5.91 Å². The molecule has 1 fully saturated rings. The molecule has 1 atom stereocenters. The van der Waals surface area contributed by atoms with Crippen molar-refractivity contribution >= 4 is 33.4 Å². The van der Waals surface area contributed by atoms with Crippen LogP contribution in [0.3, 0.4) is 0 Å². The Morgan fingerprint density at radius 3 is 2.48 bits per heavy atom. The lowest BCUT2D eigenvalue weighted by Gasteiger charge is -2.27. The molecule has 1 heterocycles. The minimum absolute atomic E-state index is 0.0405. The molecule has 2 aromatic rings. The molecule has 0 aliphatic carbocycles. The van der Waals surface area contributed by atoms with Crippen LogP contribution in [-0.4, -0.2) is 64.4 Å². The van der Waals surface area contributed by atoms with Crippen molar-refractivity contribution < 1.29 is 27.1 Å². The lowest BCUT2D eigenvalue weighted by Crippen LogP contribution is -2.44. The normalized spacial score (nSPS) is 15.9. The van der Waals surface area contributed by atoms with Crippen LogP contribution < -0.4 is 14.9 Å². The molecule has 2 amide bonds. The van der Waals surface area contributed by atoms with Gasteiger partial charge in [0, 0.05) is 27.2 Å². The third-order valence-electron chi connectivity index (χ3n) is 5.11. The summed E-state index contributed by atoms with van der Waals surface area (Å²) in [6.07, 6.45) is 1.77. The number of rotatable bonds is 9. The van der Waals surface area contributed by atoms with Gasteiger partial charge in [0.1, 0.15) is 12.4 Å². The van der Waals surface area contributed by atoms with Gasteiger partial charge < -0.3 is 15.4 Å². The van der Waals surface area contributed by atoms with Crippen molar-refractivity contribution in [1.82, 2.24) is 9.62 Å². The Balaban J connectivity index is 1.77. The third kappa shape index (κ3) is 6.06. The van der Waals surface area contributed by atoms with Gasteiger partial charge in [0.2, 0.25) is 5.91 Å². The minimum Gasteiger partial charge on any atom is -0.376 e. The summed E-state index contributed by atoms with van der Waals surface area (Å²) in [4.78, 5) is 25.5. The summed E-state index contributed by atoms with van der Waals surface area (Å²) in [6, 6.07) is 11.6. The van der Waals surface area contributed by atoms with Crippen molar-refractivity contribution in [2.24, 2.45) is 0 Å². The van der Waals surface area contributed by atoms with Crippen LogP contribution in [0.1, 0.15) is 23.2 Å². The smallest absolute Gasteiger partial charge is 0.304 e. The van der Waals surface area contributed by atoms with E-state index in [1.54, 1.807) is 18.2 Å². The molecule has 0 saturated carbocycles. The van der Waals surface area contributed by atoms with E-state index in [-0.39, 0.29) is 23.0 Å². The molecule has 2 N–H and O–H groups in total. The van der Waals surface area contributed by atoms with Crippen LogP contribution >= 0.6 is 0 Å². The second-order valence-corrected chi connectivity index (χ2v) is 9.75. The zero-order valence-corrected chi connectivity index (χ0v) is 19.3. The van der Waals surface area contributed by atoms with Crippen LogP contribution in [0.4, 0.5) is 15.8 Å². The number of para-hydroxylation sites is 2. The summed E-state index contributed by atoms with van der Waals surface area (Å²) < 4.78 is 47.0. The van der Waals surface area contributed by atoms with Crippen LogP contribution in [0.2, 0.25) is 0 Å². The number of anilines is 2. The van der Waals surface area contributed by atoms with Crippen molar-refractivity contribution in [2.45, 2.75) is 18.9 Å². The molecule has 1 saturated heterocycles. The number of halogens is 1. The molecule has 33 heavy (non-hydrogen) atoms. The maximum absolute atomic E-state index is 14.4. The molecule has 0 unspecified atom stereocenters. The highest BCUT2D eigenvalue weighted by atomic mass is 32.2. The van der Waals surface area contributed by atoms with Gasteiger partial charge in [-0.2, -0.15) is 12.7 Å². The van der Waals surface area contributed by atoms with E-state index in [1.807, 2.05) is 0 Å². The highest BCUT2D eigenvalue weighted by Crippen LogP contribution is 2.23. The van der Waals surface area contributed by atoms with Crippen molar-refractivity contribution in [3.05, 3.63) is 59.9 Å². The SMILES string of the molecule is CN(C)S(=O)(=O)N(CC(=O)Nc1ccccc1C(=O)NC[C@@H]1CCCO1)c1ccccc1F. The lowest BCUT2D eigenvalue weighted by molar-refractivity contribution is -0.114. The Kier molecular flexibility index (Phi) is 8.01. The van der Waals surface area contributed by atoms with Crippen LogP contribution in [0.5, 0.6) is 0 Å². The number of ether oxygens (including phenoxy) is 1. The predicted molar refractivity (Wildman–Crippen MR) is 123 cm³/mol. The Labute approximate surface area is 192 Å². The molecule has 0 radical (unpaired) electrons. The first-order valence-corrected chi connectivity index (χ1v) is 11.8. The highest BCUT2D eigenvalue weighted by molar-refractivity contribution is 7.90. The molecular weight excluding hydrogens is 451 g/mol. The van der Waals surface area contributed by atoms with Gasteiger partial charge >= 0.3 is 10.2 Å². The van der Waals surface area contributed by atoms with E-state index < -0.39 is 34.4 Å². The molecule has 3 rings (SSSR count). The number of hydrogen-bond donors (Lipinski definition) is 2. The highest BCUT2D eigenvalue weighted by Gasteiger charge is 2.29. The molecule has 11 heteroatoms. The van der Waals surface area contributed by atoms with Crippen LogP contribution in [-0.2, 0) is 19.7 Å². The lowest BCUT2D eigenvalue weighted by atomic mass is 10.1. The first-order valence-electron chi connectivity index (χ1n) is 10.4. The molecule has 0 bridgehead atoms. The number of carbonyl (C=O) groups excluding carboxylic acids is 2. The fourth-order valence-electron chi connectivity index (χ4n) is 3.36. The molecule has 1 aliphatic heterocycles. The number of nitrogens with one attached hydrogen (secondary N) is 2. The second kappa shape index (κ2) is 10.7. The van der Waals surface area contributed by atoms with Gasteiger partial charge in [0.15, 0.2) is 0 Å². The second-order valence-electron chi connectivity index (χ2n) is 7.69. The maximum Gasteiger partial charge on any atom is 0.304 e. The summed E-state index contributed by atoms with van der Waals surface area (Å²) >= 11 is 0. The van der Waals surface area contributed by atoms with E-state index in [0.717, 1.165) is 23.2 Å². The maximum atomic E-state index is 14.4. The van der Waals surface area contributed by atoms with Gasteiger partial charge in [0.05, 0.1) is 23.0 Å². The Morgan fingerprint density at radius 2 is 1.82 bits per heavy atom. The standard InChI is InChI=1S/C22H27FN4O5S/c1-26(2)33(30,31)27(20-12-6-4-10-18(20)23)15-21(28)25-19-11-5-3-9-17(19)22(29)24-14-16-8-7-13-32-16/h3-6,9-12,16H,7-8,13-15H2,1-2H3,(H,24,29)(H,25,28)/t16-/m0/s1. The molecular formula is C22H27FN4O5S. The van der Waals surface area contributed by atoms with E-state index in [1.165, 1.54) is 38.4 Å². The van der Waals surface area contributed by atoms with E-state index in [0.29, 0.717) is 17.5 Å². The topological polar surface area (TPSA) is 108 Å². The first kappa shape index (κ1) is 24.6. The Hall–Kier alpha value is -3.02. The van der Waals surface area contributed by atoms with Crippen molar-refractivity contribution in [3.8, 4) is 0 Å². The van der Waals surface area contributed by atoms with Crippen molar-refractivity contribution in [1.29, 1.82) is 0 Å². The predicted octanol–water partition coefficient (Wildman–Crippen LogP) is 1.99. The molecule has 0 aromatic heterocycles. The summed E-state index contributed by atoms with van der Waals surface area (Å²) in [5.74, 6) is -1.92. The molecule has 0 spiro atoms. The van der Waals surface area contributed by atoms with Gasteiger partial charge in [-0.3, -0.25) is 9.59 Å². The Bertz CT molecular complexity index is 1100. The fourth-order valence-corrected chi connectivity index (χ4v) is 4.43. The van der Waals surface area contributed by atoms with Crippen LogP contribution in [0, 0.1) is 5.82 Å². The Morgan fingerprint density at radius 1 is 1.12 bits per heavy atom. The van der Waals surface area contributed by atoms with Crippen molar-refractivity contribution in [3.63, 3.8) is 0 Å². The third-order valence-corrected chi connectivity index (χ3v) is 6.91. The number of amides is 2. The monoisotopic (exact) mass is 478 g/mol. The van der Waals surface area contributed by atoms with E-state index >= 15 is 0 Å². The van der Waals surface area contributed by atoms with Crippen molar-refractivity contribution in [2.75, 3.05) is 43.4 Å². The molecule has 1 aliphatic rings. The average molecular weight is 479 g/mol. The number of nitrogens with zero attached hydrogens (tertiary/aromatic N) is 2. The van der Waals surface area contributed by atoms with Gasteiger partial charge in [-0.05, 0) is 37.1 Å². The van der Waals surface area contributed by atoms with Crippen LogP contribution in [0.25, 0.3) is 0 Å². The van der Waals surface area contributed by atoms with E-state index in [2.05, 4.69) is 10.6 Å². The zero-order valence-electron chi connectivity index (χ0n) is 18.5. The molecule has 178 valence electrons. The van der Waals surface area contributed by atoms with E-state index in [9.17, 15) is 22.4 Å². The quantitative estimate of drug-likeness (QED) is 0.573. The fraction of sp³-hybridized carbons (Fsp3) is 0.364. The number of hydrogen-bond acceptors (Lipinski definition) is 5. The van der Waals surface area contributed by atoms with E-state index in [4.69, 9.17) is 4.74 Å². The summed E-state index contributed by atoms with van der Waals surface area (Å²) in [5, 5.41) is 5.36. The van der Waals surface area contributed by atoms with Gasteiger partial charge in [-0.25, -0.2) is 8.70 Å². The molecule has 2 aromatic carbocycles. The number of benzene rings is 2. The van der Waals surface area contributed by atoms with Gasteiger partial charge in [-0.1, -0.05) is 24.3 Å². The summed E-state index contributed by atoms with van der Waals surface area (Å²) in [7, 11) is -1.60. The number of carbonyl (C=O) groups is 2.